The number of rotatable bonds is 7. The van der Waals surface area contributed by atoms with Gasteiger partial charge in [-0.2, -0.15) is 0 Å². The Morgan fingerprint density at radius 1 is 1.11 bits per heavy atom. The number of ether oxygens (including phenoxy) is 1. The fraction of sp³-hybridized carbons (Fsp3) is 0.444. The summed E-state index contributed by atoms with van der Waals surface area (Å²) in [4.78, 5) is 0. The van der Waals surface area contributed by atoms with Gasteiger partial charge in [0.05, 0.1) is 0 Å². The highest BCUT2D eigenvalue weighted by molar-refractivity contribution is 5.31. The molecule has 1 rings (SSSR count). The molecule has 1 heteroatoms. The molecule has 0 spiro atoms. The zero-order valence-corrected chi connectivity index (χ0v) is 12.7. The maximum Gasteiger partial charge on any atom is 0.122 e. The minimum absolute atomic E-state index is 0.660. The van der Waals surface area contributed by atoms with E-state index in [1.165, 1.54) is 16.7 Å². The second-order valence-corrected chi connectivity index (χ2v) is 5.07. The zero-order valence-electron chi connectivity index (χ0n) is 12.7. The van der Waals surface area contributed by atoms with Gasteiger partial charge < -0.3 is 4.74 Å². The van der Waals surface area contributed by atoms with Crippen molar-refractivity contribution in [3.8, 4) is 5.75 Å². The third-order valence-corrected chi connectivity index (χ3v) is 3.35. The van der Waals surface area contributed by atoms with Crippen LogP contribution in [0.2, 0.25) is 0 Å². The van der Waals surface area contributed by atoms with Crippen LogP contribution in [0.25, 0.3) is 0 Å². The molecule has 1 nitrogen and oxygen atoms in total. The van der Waals surface area contributed by atoms with Gasteiger partial charge in [0.15, 0.2) is 0 Å². The lowest BCUT2D eigenvalue weighted by molar-refractivity contribution is 0.359. The Morgan fingerprint density at radius 3 is 2.53 bits per heavy atom. The highest BCUT2D eigenvalue weighted by Gasteiger charge is 1.96. The molecule has 0 saturated heterocycles. The minimum Gasteiger partial charge on any atom is -0.489 e. The van der Waals surface area contributed by atoms with E-state index in [4.69, 9.17) is 4.74 Å². The number of hydrogen-bond donors (Lipinski definition) is 0. The zero-order chi connectivity index (χ0) is 14.1. The van der Waals surface area contributed by atoms with Crippen LogP contribution in [0.5, 0.6) is 5.75 Å². The maximum absolute atomic E-state index is 5.76. The van der Waals surface area contributed by atoms with Crippen LogP contribution in [0.1, 0.15) is 45.6 Å². The molecule has 0 heterocycles. The van der Waals surface area contributed by atoms with Crippen molar-refractivity contribution in [2.45, 2.75) is 47.0 Å². The van der Waals surface area contributed by atoms with Crippen molar-refractivity contribution in [2.75, 3.05) is 6.61 Å². The largest absolute Gasteiger partial charge is 0.489 e. The summed E-state index contributed by atoms with van der Waals surface area (Å²) >= 11 is 0. The van der Waals surface area contributed by atoms with E-state index in [0.29, 0.717) is 6.61 Å². The van der Waals surface area contributed by atoms with Gasteiger partial charge in [-0.15, -0.1) is 0 Å². The molecule has 1 aromatic carbocycles. The monoisotopic (exact) mass is 258 g/mol. The van der Waals surface area contributed by atoms with Gasteiger partial charge in [-0.25, -0.2) is 0 Å². The molecule has 0 bridgehead atoms. The van der Waals surface area contributed by atoms with Gasteiger partial charge >= 0.3 is 0 Å². The molecule has 1 aromatic rings. The summed E-state index contributed by atoms with van der Waals surface area (Å²) < 4.78 is 5.76. The van der Waals surface area contributed by atoms with Crippen LogP contribution < -0.4 is 4.74 Å². The smallest absolute Gasteiger partial charge is 0.122 e. The second kappa shape index (κ2) is 8.58. The van der Waals surface area contributed by atoms with Crippen molar-refractivity contribution in [3.63, 3.8) is 0 Å². The van der Waals surface area contributed by atoms with E-state index in [-0.39, 0.29) is 0 Å². The minimum atomic E-state index is 0.660. The summed E-state index contributed by atoms with van der Waals surface area (Å²) in [7, 11) is 0. The molecule has 0 unspecified atom stereocenters. The van der Waals surface area contributed by atoms with Gasteiger partial charge in [0.1, 0.15) is 12.4 Å². The Morgan fingerprint density at radius 2 is 1.84 bits per heavy atom. The molecule has 0 N–H and O–H groups in total. The quantitative estimate of drug-likeness (QED) is 0.590. The topological polar surface area (TPSA) is 9.23 Å². The van der Waals surface area contributed by atoms with E-state index < -0.39 is 0 Å². The predicted octanol–water partition coefficient (Wildman–Crippen LogP) is 5.46. The predicted molar refractivity (Wildman–Crippen MR) is 83.7 cm³/mol. The summed E-state index contributed by atoms with van der Waals surface area (Å²) in [5, 5.41) is 0. The SMILES string of the molecule is CC/C(C)=C\CC/C(C)=C\COc1ccccc1C. The van der Waals surface area contributed by atoms with Crippen molar-refractivity contribution < 1.29 is 4.74 Å². The molecular weight excluding hydrogens is 232 g/mol. The van der Waals surface area contributed by atoms with Gasteiger partial charge in [-0.1, -0.05) is 42.3 Å². The van der Waals surface area contributed by atoms with E-state index in [2.05, 4.69) is 45.9 Å². The highest BCUT2D eigenvalue weighted by Crippen LogP contribution is 2.16. The first-order valence-corrected chi connectivity index (χ1v) is 7.13. The van der Waals surface area contributed by atoms with Gasteiger partial charge in [0.2, 0.25) is 0 Å². The first-order valence-electron chi connectivity index (χ1n) is 7.13. The van der Waals surface area contributed by atoms with Gasteiger partial charge in [0.25, 0.3) is 0 Å². The Hall–Kier alpha value is -1.50. The molecule has 0 aliphatic carbocycles. The Balaban J connectivity index is 2.34. The van der Waals surface area contributed by atoms with Crippen LogP contribution >= 0.6 is 0 Å². The van der Waals surface area contributed by atoms with E-state index in [1.807, 2.05) is 18.2 Å². The maximum atomic E-state index is 5.76. The summed E-state index contributed by atoms with van der Waals surface area (Å²) in [6.07, 6.45) is 7.92. The number of aryl methyl sites for hydroxylation is 1. The third-order valence-electron chi connectivity index (χ3n) is 3.35. The molecule has 0 aliphatic heterocycles. The molecule has 0 aliphatic rings. The lowest BCUT2D eigenvalue weighted by Gasteiger charge is -2.07. The lowest BCUT2D eigenvalue weighted by atomic mass is 10.1. The third kappa shape index (κ3) is 6.28. The Bertz CT molecular complexity index is 441. The number of hydrogen-bond acceptors (Lipinski definition) is 1. The van der Waals surface area contributed by atoms with Crippen molar-refractivity contribution in [1.29, 1.82) is 0 Å². The van der Waals surface area contributed by atoms with Gasteiger partial charge in [-0.05, 0) is 57.7 Å². The lowest BCUT2D eigenvalue weighted by Crippen LogP contribution is -1.96. The van der Waals surface area contributed by atoms with Gasteiger partial charge in [0, 0.05) is 0 Å². The van der Waals surface area contributed by atoms with E-state index in [0.717, 1.165) is 25.0 Å². The standard InChI is InChI=1S/C18H26O/c1-5-15(2)9-8-10-16(3)13-14-19-18-12-7-6-11-17(18)4/h6-7,9,11-13H,5,8,10,14H2,1-4H3/b15-9-,16-13-. The molecule has 0 saturated carbocycles. The molecule has 0 radical (unpaired) electrons. The average molecular weight is 258 g/mol. The fourth-order valence-corrected chi connectivity index (χ4v) is 1.78. The van der Waals surface area contributed by atoms with Crippen LogP contribution in [-0.2, 0) is 0 Å². The van der Waals surface area contributed by atoms with Crippen molar-refractivity contribution >= 4 is 0 Å². The molecule has 19 heavy (non-hydrogen) atoms. The highest BCUT2D eigenvalue weighted by atomic mass is 16.5. The van der Waals surface area contributed by atoms with Crippen LogP contribution in [0.3, 0.4) is 0 Å². The van der Waals surface area contributed by atoms with Crippen LogP contribution in [-0.4, -0.2) is 6.61 Å². The van der Waals surface area contributed by atoms with Crippen molar-refractivity contribution in [1.82, 2.24) is 0 Å². The molecule has 0 aromatic heterocycles. The molecule has 0 fully saturated rings. The van der Waals surface area contributed by atoms with Crippen molar-refractivity contribution in [2.24, 2.45) is 0 Å². The van der Waals surface area contributed by atoms with E-state index in [9.17, 15) is 0 Å². The average Bonchev–Trinajstić information content (AvgIpc) is 2.40. The van der Waals surface area contributed by atoms with Crippen LogP contribution in [0.4, 0.5) is 0 Å². The first kappa shape index (κ1) is 15.6. The summed E-state index contributed by atoms with van der Waals surface area (Å²) in [5.74, 6) is 0.980. The normalized spacial score (nSPS) is 12.6. The van der Waals surface area contributed by atoms with Gasteiger partial charge in [-0.3, -0.25) is 0 Å². The van der Waals surface area contributed by atoms with Crippen LogP contribution in [0, 0.1) is 6.92 Å². The molecule has 104 valence electrons. The first-order chi connectivity index (χ1) is 9.13. The van der Waals surface area contributed by atoms with E-state index >= 15 is 0 Å². The van der Waals surface area contributed by atoms with Crippen LogP contribution in [0.15, 0.2) is 47.6 Å². The number of allylic oxidation sites excluding steroid dienone is 3. The molecule has 0 amide bonds. The Kier molecular flexibility index (Phi) is 7.02. The summed E-state index contributed by atoms with van der Waals surface area (Å²) in [6, 6.07) is 8.14. The van der Waals surface area contributed by atoms with Crippen molar-refractivity contribution in [3.05, 3.63) is 53.1 Å². The number of benzene rings is 1. The fourth-order valence-electron chi connectivity index (χ4n) is 1.78. The second-order valence-electron chi connectivity index (χ2n) is 5.07. The van der Waals surface area contributed by atoms with E-state index in [1.54, 1.807) is 0 Å². The summed E-state index contributed by atoms with van der Waals surface area (Å²) in [6.45, 7) is 9.30. The molecule has 0 atom stereocenters. The number of para-hydroxylation sites is 1. The summed E-state index contributed by atoms with van der Waals surface area (Å²) in [5.41, 5.74) is 4.06. The Labute approximate surface area is 118 Å². The molecular formula is C18H26O.